The van der Waals surface area contributed by atoms with Gasteiger partial charge in [-0.1, -0.05) is 24.3 Å². The maximum Gasteiger partial charge on any atom is 0.416 e. The molecule has 0 amide bonds. The molecule has 0 saturated carbocycles. The van der Waals surface area contributed by atoms with Crippen LogP contribution in [0, 0.1) is 0 Å². The van der Waals surface area contributed by atoms with Gasteiger partial charge in [0.05, 0.1) is 11.0 Å². The Labute approximate surface area is 176 Å². The standard InChI is InChI=1S/C23H18F3N5/c24-23(25,26)17-7-5-16(6-8-17)22(18-3-1-10-28-14-18,19-4-2-11-29-15-19)13-20-9-12-30-21(27)31-20/h1-12,14-15H,13H2,(H2,27,30,31). The molecule has 5 nitrogen and oxygen atoms in total. The first-order chi connectivity index (χ1) is 14.9. The highest BCUT2D eigenvalue weighted by Crippen LogP contribution is 2.42. The first kappa shape index (κ1) is 20.5. The number of aromatic nitrogens is 4. The molecule has 0 aliphatic rings. The SMILES string of the molecule is Nc1nccc(CC(c2ccc(C(F)(F)F)cc2)(c2cccnc2)c2cccnc2)n1. The fraction of sp³-hybridized carbons (Fsp3) is 0.130. The molecule has 8 heteroatoms. The van der Waals surface area contributed by atoms with Gasteiger partial charge in [-0.2, -0.15) is 13.2 Å². The molecule has 0 aliphatic carbocycles. The van der Waals surface area contributed by atoms with Crippen molar-refractivity contribution in [2.45, 2.75) is 18.0 Å². The second-order valence-corrected chi connectivity index (χ2v) is 7.05. The molecular formula is C23H18F3N5. The zero-order valence-electron chi connectivity index (χ0n) is 16.3. The first-order valence-corrected chi connectivity index (χ1v) is 9.46. The Morgan fingerprint density at radius 2 is 1.29 bits per heavy atom. The normalized spacial score (nSPS) is 12.0. The summed E-state index contributed by atoms with van der Waals surface area (Å²) in [6, 6.07) is 14.3. The number of nitrogen functional groups attached to an aromatic ring is 1. The lowest BCUT2D eigenvalue weighted by Crippen LogP contribution is -2.33. The van der Waals surface area contributed by atoms with E-state index in [2.05, 4.69) is 19.9 Å². The van der Waals surface area contributed by atoms with Gasteiger partial charge >= 0.3 is 6.18 Å². The van der Waals surface area contributed by atoms with Crippen LogP contribution in [0.1, 0.15) is 27.9 Å². The van der Waals surface area contributed by atoms with Gasteiger partial charge in [0.25, 0.3) is 0 Å². The third-order valence-electron chi connectivity index (χ3n) is 5.19. The molecule has 3 aromatic heterocycles. The number of halogens is 3. The van der Waals surface area contributed by atoms with Gasteiger partial charge in [0, 0.05) is 43.1 Å². The van der Waals surface area contributed by atoms with E-state index in [0.717, 1.165) is 23.3 Å². The molecule has 4 aromatic rings. The lowest BCUT2D eigenvalue weighted by atomic mass is 9.67. The summed E-state index contributed by atoms with van der Waals surface area (Å²) in [4.78, 5) is 16.8. The molecule has 1 aromatic carbocycles. The van der Waals surface area contributed by atoms with Gasteiger partial charge in [-0.05, 0) is 47.0 Å². The molecule has 0 bridgehead atoms. The average molecular weight is 421 g/mol. The highest BCUT2D eigenvalue weighted by atomic mass is 19.4. The van der Waals surface area contributed by atoms with Gasteiger partial charge in [0.15, 0.2) is 0 Å². The van der Waals surface area contributed by atoms with Gasteiger partial charge in [-0.3, -0.25) is 9.97 Å². The Balaban J connectivity index is 1.98. The fourth-order valence-electron chi connectivity index (χ4n) is 3.76. The predicted octanol–water partition coefficient (Wildman–Crippen LogP) is 4.44. The van der Waals surface area contributed by atoms with E-state index in [0.29, 0.717) is 17.7 Å². The summed E-state index contributed by atoms with van der Waals surface area (Å²) in [6.45, 7) is 0. The highest BCUT2D eigenvalue weighted by molar-refractivity contribution is 5.51. The highest BCUT2D eigenvalue weighted by Gasteiger charge is 2.39. The Morgan fingerprint density at radius 1 is 0.710 bits per heavy atom. The van der Waals surface area contributed by atoms with Gasteiger partial charge in [0.1, 0.15) is 0 Å². The second kappa shape index (κ2) is 8.14. The maximum absolute atomic E-state index is 13.2. The van der Waals surface area contributed by atoms with Crippen LogP contribution in [-0.4, -0.2) is 19.9 Å². The summed E-state index contributed by atoms with van der Waals surface area (Å²) in [6.07, 6.45) is 4.15. The molecule has 2 N–H and O–H groups in total. The molecule has 156 valence electrons. The van der Waals surface area contributed by atoms with E-state index >= 15 is 0 Å². The number of alkyl halides is 3. The first-order valence-electron chi connectivity index (χ1n) is 9.46. The van der Waals surface area contributed by atoms with E-state index in [9.17, 15) is 13.2 Å². The molecule has 0 aliphatic heterocycles. The van der Waals surface area contributed by atoms with Crippen LogP contribution in [0.25, 0.3) is 0 Å². The van der Waals surface area contributed by atoms with E-state index in [1.165, 1.54) is 12.1 Å². The van der Waals surface area contributed by atoms with Gasteiger partial charge < -0.3 is 5.73 Å². The molecule has 0 spiro atoms. The number of rotatable bonds is 5. The Bertz CT molecular complexity index is 1110. The minimum absolute atomic E-state index is 0.121. The van der Waals surface area contributed by atoms with Crippen molar-refractivity contribution in [1.82, 2.24) is 19.9 Å². The Kier molecular flexibility index (Phi) is 5.37. The molecule has 0 saturated heterocycles. The topological polar surface area (TPSA) is 77.6 Å². The number of nitrogens with zero attached hydrogens (tertiary/aromatic N) is 4. The number of hydrogen-bond donors (Lipinski definition) is 1. The Morgan fingerprint density at radius 3 is 1.77 bits per heavy atom. The van der Waals surface area contributed by atoms with E-state index < -0.39 is 17.2 Å². The van der Waals surface area contributed by atoms with Crippen molar-refractivity contribution in [1.29, 1.82) is 0 Å². The van der Waals surface area contributed by atoms with Crippen LogP contribution in [0.3, 0.4) is 0 Å². The summed E-state index contributed by atoms with van der Waals surface area (Å²) in [5.74, 6) is 0.121. The van der Waals surface area contributed by atoms with Crippen LogP contribution >= 0.6 is 0 Å². The number of benzene rings is 1. The minimum atomic E-state index is -4.43. The van der Waals surface area contributed by atoms with E-state index in [4.69, 9.17) is 5.73 Å². The summed E-state index contributed by atoms with van der Waals surface area (Å²) < 4.78 is 39.6. The molecule has 4 rings (SSSR count). The van der Waals surface area contributed by atoms with Crippen LogP contribution in [0.4, 0.5) is 19.1 Å². The molecule has 3 heterocycles. The zero-order chi connectivity index (χ0) is 21.9. The van der Waals surface area contributed by atoms with Crippen molar-refractivity contribution in [3.05, 3.63) is 114 Å². The quantitative estimate of drug-likeness (QED) is 0.515. The van der Waals surface area contributed by atoms with E-state index in [1.54, 1.807) is 49.2 Å². The average Bonchev–Trinajstić information content (AvgIpc) is 2.78. The predicted molar refractivity (Wildman–Crippen MR) is 110 cm³/mol. The van der Waals surface area contributed by atoms with Crippen molar-refractivity contribution >= 4 is 5.95 Å². The maximum atomic E-state index is 13.2. The zero-order valence-corrected chi connectivity index (χ0v) is 16.3. The molecule has 0 atom stereocenters. The third-order valence-corrected chi connectivity index (χ3v) is 5.19. The van der Waals surface area contributed by atoms with Crippen molar-refractivity contribution in [3.8, 4) is 0 Å². The smallest absolute Gasteiger partial charge is 0.368 e. The van der Waals surface area contributed by atoms with Crippen LogP contribution in [0.5, 0.6) is 0 Å². The molecule has 0 radical (unpaired) electrons. The molecule has 0 fully saturated rings. The third kappa shape index (κ3) is 4.09. The molecule has 0 unspecified atom stereocenters. The van der Waals surface area contributed by atoms with Gasteiger partial charge in [-0.25, -0.2) is 9.97 Å². The van der Waals surface area contributed by atoms with Crippen molar-refractivity contribution in [2.75, 3.05) is 5.73 Å². The van der Waals surface area contributed by atoms with Crippen molar-refractivity contribution < 1.29 is 13.2 Å². The summed E-state index contributed by atoms with van der Waals surface area (Å²) in [5.41, 5.74) is 7.05. The number of nitrogens with two attached hydrogens (primary N) is 1. The lowest BCUT2D eigenvalue weighted by Gasteiger charge is -2.35. The van der Waals surface area contributed by atoms with E-state index in [1.807, 2.05) is 12.1 Å². The van der Waals surface area contributed by atoms with E-state index in [-0.39, 0.29) is 5.95 Å². The lowest BCUT2D eigenvalue weighted by molar-refractivity contribution is -0.137. The second-order valence-electron chi connectivity index (χ2n) is 7.05. The van der Waals surface area contributed by atoms with Crippen LogP contribution in [-0.2, 0) is 18.0 Å². The Hall–Kier alpha value is -3.81. The number of pyridine rings is 2. The van der Waals surface area contributed by atoms with Gasteiger partial charge in [0.2, 0.25) is 5.95 Å². The fourth-order valence-corrected chi connectivity index (χ4v) is 3.76. The molecule has 31 heavy (non-hydrogen) atoms. The van der Waals surface area contributed by atoms with Gasteiger partial charge in [-0.15, -0.1) is 0 Å². The number of hydrogen-bond acceptors (Lipinski definition) is 5. The van der Waals surface area contributed by atoms with Crippen LogP contribution in [0.15, 0.2) is 85.6 Å². The largest absolute Gasteiger partial charge is 0.416 e. The van der Waals surface area contributed by atoms with Crippen molar-refractivity contribution in [2.24, 2.45) is 0 Å². The monoisotopic (exact) mass is 421 g/mol. The summed E-state index contributed by atoms with van der Waals surface area (Å²) in [5, 5.41) is 0. The molecular weight excluding hydrogens is 403 g/mol. The summed E-state index contributed by atoms with van der Waals surface area (Å²) in [7, 11) is 0. The van der Waals surface area contributed by atoms with Crippen LogP contribution < -0.4 is 5.73 Å². The number of anilines is 1. The minimum Gasteiger partial charge on any atom is -0.368 e. The van der Waals surface area contributed by atoms with Crippen LogP contribution in [0.2, 0.25) is 0 Å². The van der Waals surface area contributed by atoms with Crippen molar-refractivity contribution in [3.63, 3.8) is 0 Å². The summed E-state index contributed by atoms with van der Waals surface area (Å²) >= 11 is 0.